The molecule has 1 aromatic heterocycles. The number of hydrogen-bond donors (Lipinski definition) is 0. The van der Waals surface area contributed by atoms with Crippen molar-refractivity contribution >= 4 is 69.6 Å². The first kappa shape index (κ1) is 21.6. The van der Waals surface area contributed by atoms with Crippen LogP contribution in [-0.4, -0.2) is 15.0 Å². The van der Waals surface area contributed by atoms with Crippen LogP contribution >= 0.6 is 69.6 Å². The highest BCUT2D eigenvalue weighted by Gasteiger charge is 2.15. The average molecular weight is 516 g/mol. The Hall–Kier alpha value is -1.59. The molecule has 0 aliphatic heterocycles. The summed E-state index contributed by atoms with van der Waals surface area (Å²) in [6.07, 6.45) is 0. The highest BCUT2D eigenvalue weighted by molar-refractivity contribution is 6.36. The molecule has 0 atom stereocenters. The Morgan fingerprint density at radius 1 is 0.333 bits per heavy atom. The van der Waals surface area contributed by atoms with E-state index in [9.17, 15) is 0 Å². The molecule has 0 fully saturated rings. The fraction of sp³-hybridized carbons (Fsp3) is 0. The molecule has 30 heavy (non-hydrogen) atoms. The summed E-state index contributed by atoms with van der Waals surface area (Å²) in [4.78, 5) is 13.8. The van der Waals surface area contributed by atoms with E-state index < -0.39 is 0 Å². The lowest BCUT2D eigenvalue weighted by Crippen LogP contribution is -2.00. The molecule has 0 unspecified atom stereocenters. The van der Waals surface area contributed by atoms with Gasteiger partial charge in [0.2, 0.25) is 0 Å². The summed E-state index contributed by atoms with van der Waals surface area (Å²) in [6.45, 7) is 0. The maximum atomic E-state index is 6.17. The number of benzene rings is 3. The Morgan fingerprint density at radius 2 is 0.533 bits per heavy atom. The van der Waals surface area contributed by atoms with Gasteiger partial charge in [0, 0.05) is 46.8 Å². The summed E-state index contributed by atoms with van der Waals surface area (Å²) < 4.78 is 0. The molecule has 0 N–H and O–H groups in total. The van der Waals surface area contributed by atoms with Crippen molar-refractivity contribution in [3.8, 4) is 34.2 Å². The molecule has 0 saturated carbocycles. The lowest BCUT2D eigenvalue weighted by atomic mass is 10.1. The largest absolute Gasteiger partial charge is 0.208 e. The van der Waals surface area contributed by atoms with Gasteiger partial charge >= 0.3 is 0 Å². The Bertz CT molecular complexity index is 1050. The molecule has 4 aromatic rings. The SMILES string of the molecule is Clc1cc(Cl)cc(-c2nc(-c3cc(Cl)cc(Cl)c3)nc(-c3cc(Cl)cc(Cl)c3)n2)c1. The number of hydrogen-bond acceptors (Lipinski definition) is 3. The van der Waals surface area contributed by atoms with Gasteiger partial charge in [-0.25, -0.2) is 15.0 Å². The molecule has 3 aromatic carbocycles. The third kappa shape index (κ3) is 5.00. The summed E-state index contributed by atoms with van der Waals surface area (Å²) in [5, 5.41) is 2.74. The molecular formula is C21H9Cl6N3. The van der Waals surface area contributed by atoms with Gasteiger partial charge in [-0.1, -0.05) is 69.6 Å². The van der Waals surface area contributed by atoms with Crippen LogP contribution in [0, 0.1) is 0 Å². The van der Waals surface area contributed by atoms with Crippen molar-refractivity contribution in [2.75, 3.05) is 0 Å². The monoisotopic (exact) mass is 513 g/mol. The minimum Gasteiger partial charge on any atom is -0.208 e. The molecule has 4 rings (SSSR count). The Balaban J connectivity index is 1.98. The molecule has 0 aliphatic rings. The maximum Gasteiger partial charge on any atom is 0.164 e. The molecule has 150 valence electrons. The van der Waals surface area contributed by atoms with E-state index in [1.165, 1.54) is 0 Å². The highest BCUT2D eigenvalue weighted by atomic mass is 35.5. The van der Waals surface area contributed by atoms with Crippen LogP contribution in [0.1, 0.15) is 0 Å². The Kier molecular flexibility index (Phi) is 6.40. The molecule has 0 radical (unpaired) electrons. The number of halogens is 6. The van der Waals surface area contributed by atoms with E-state index in [0.717, 1.165) is 0 Å². The second-order valence-corrected chi connectivity index (χ2v) is 8.90. The van der Waals surface area contributed by atoms with Crippen molar-refractivity contribution in [1.29, 1.82) is 0 Å². The van der Waals surface area contributed by atoms with E-state index >= 15 is 0 Å². The van der Waals surface area contributed by atoms with Gasteiger partial charge in [-0.2, -0.15) is 0 Å². The lowest BCUT2D eigenvalue weighted by molar-refractivity contribution is 1.07. The first-order valence-corrected chi connectivity index (χ1v) is 10.7. The summed E-state index contributed by atoms with van der Waals surface area (Å²) in [7, 11) is 0. The van der Waals surface area contributed by atoms with Crippen molar-refractivity contribution < 1.29 is 0 Å². The predicted octanol–water partition coefficient (Wildman–Crippen LogP) is 8.79. The van der Waals surface area contributed by atoms with Crippen LogP contribution in [0.2, 0.25) is 30.1 Å². The topological polar surface area (TPSA) is 38.7 Å². The second kappa shape index (κ2) is 8.88. The van der Waals surface area contributed by atoms with Gasteiger partial charge in [0.1, 0.15) is 0 Å². The van der Waals surface area contributed by atoms with Crippen LogP contribution < -0.4 is 0 Å². The fourth-order valence-corrected chi connectivity index (χ4v) is 4.39. The van der Waals surface area contributed by atoms with Gasteiger partial charge in [-0.15, -0.1) is 0 Å². The van der Waals surface area contributed by atoms with E-state index in [1.807, 2.05) is 0 Å². The molecule has 3 nitrogen and oxygen atoms in total. The lowest BCUT2D eigenvalue weighted by Gasteiger charge is -2.10. The molecule has 1 heterocycles. The minimum absolute atomic E-state index is 0.367. The van der Waals surface area contributed by atoms with Gasteiger partial charge < -0.3 is 0 Å². The first-order valence-electron chi connectivity index (χ1n) is 8.42. The third-order valence-corrected chi connectivity index (χ3v) is 5.31. The smallest absolute Gasteiger partial charge is 0.164 e. The molecule has 0 amide bonds. The molecule has 0 saturated heterocycles. The fourth-order valence-electron chi connectivity index (χ4n) is 2.81. The van der Waals surface area contributed by atoms with Crippen LogP contribution in [0.25, 0.3) is 34.2 Å². The van der Waals surface area contributed by atoms with Gasteiger partial charge in [0.05, 0.1) is 0 Å². The van der Waals surface area contributed by atoms with E-state index in [1.54, 1.807) is 54.6 Å². The van der Waals surface area contributed by atoms with E-state index in [-0.39, 0.29) is 0 Å². The molecular weight excluding hydrogens is 507 g/mol. The van der Waals surface area contributed by atoms with Crippen molar-refractivity contribution in [2.24, 2.45) is 0 Å². The van der Waals surface area contributed by atoms with Gasteiger partial charge in [0.25, 0.3) is 0 Å². The van der Waals surface area contributed by atoms with Crippen molar-refractivity contribution in [3.05, 3.63) is 84.7 Å². The summed E-state index contributed by atoms with van der Waals surface area (Å²) in [5.74, 6) is 1.10. The third-order valence-electron chi connectivity index (χ3n) is 4.00. The number of rotatable bonds is 3. The van der Waals surface area contributed by atoms with Gasteiger partial charge in [-0.3, -0.25) is 0 Å². The van der Waals surface area contributed by atoms with Crippen molar-refractivity contribution in [1.82, 2.24) is 15.0 Å². The zero-order valence-electron chi connectivity index (χ0n) is 14.8. The van der Waals surface area contributed by atoms with Crippen molar-refractivity contribution in [2.45, 2.75) is 0 Å². The van der Waals surface area contributed by atoms with Gasteiger partial charge in [0.15, 0.2) is 17.5 Å². The van der Waals surface area contributed by atoms with Crippen LogP contribution in [0.4, 0.5) is 0 Å². The Labute approximate surface area is 202 Å². The molecule has 0 spiro atoms. The standard InChI is InChI=1S/C21H9Cl6N3/c22-13-1-10(2-14(23)7-13)19-28-20(11-3-15(24)8-16(25)4-11)30-21(29-19)12-5-17(26)9-18(27)6-12/h1-9H. The van der Waals surface area contributed by atoms with E-state index in [4.69, 9.17) is 69.6 Å². The van der Waals surface area contributed by atoms with Crippen LogP contribution in [0.3, 0.4) is 0 Å². The first-order chi connectivity index (χ1) is 14.3. The van der Waals surface area contributed by atoms with Crippen molar-refractivity contribution in [3.63, 3.8) is 0 Å². The second-order valence-electron chi connectivity index (χ2n) is 6.28. The minimum atomic E-state index is 0.367. The summed E-state index contributed by atoms with van der Waals surface area (Å²) >= 11 is 37.0. The van der Waals surface area contributed by atoms with Crippen LogP contribution in [0.15, 0.2) is 54.6 Å². The average Bonchev–Trinajstić information content (AvgIpc) is 2.65. The maximum absolute atomic E-state index is 6.17. The van der Waals surface area contributed by atoms with Crippen LogP contribution in [-0.2, 0) is 0 Å². The zero-order valence-corrected chi connectivity index (χ0v) is 19.3. The van der Waals surface area contributed by atoms with Crippen LogP contribution in [0.5, 0.6) is 0 Å². The van der Waals surface area contributed by atoms with Gasteiger partial charge in [-0.05, 0) is 54.6 Å². The zero-order chi connectivity index (χ0) is 21.4. The molecule has 9 heteroatoms. The number of nitrogens with zero attached hydrogens (tertiary/aromatic N) is 3. The Morgan fingerprint density at radius 3 is 0.733 bits per heavy atom. The van der Waals surface area contributed by atoms with E-state index in [0.29, 0.717) is 64.3 Å². The summed E-state index contributed by atoms with van der Waals surface area (Å²) in [5.41, 5.74) is 1.87. The normalized spacial score (nSPS) is 11.0. The highest BCUT2D eigenvalue weighted by Crippen LogP contribution is 2.32. The quantitative estimate of drug-likeness (QED) is 0.273. The number of aromatic nitrogens is 3. The predicted molar refractivity (Wildman–Crippen MR) is 126 cm³/mol. The molecule has 0 bridgehead atoms. The summed E-state index contributed by atoms with van der Waals surface area (Å²) in [6, 6.07) is 15.2. The molecule has 0 aliphatic carbocycles. The van der Waals surface area contributed by atoms with E-state index in [2.05, 4.69) is 15.0 Å².